The van der Waals surface area contributed by atoms with Crippen LogP contribution in [0, 0.1) is 33.8 Å². The average molecular weight is 487 g/mol. The molecule has 6 nitrogen and oxygen atoms in total. The van der Waals surface area contributed by atoms with Crippen molar-refractivity contribution in [2.75, 3.05) is 0 Å². The lowest BCUT2D eigenvalue weighted by Crippen LogP contribution is -2.41. The lowest BCUT2D eigenvalue weighted by Gasteiger charge is -2.43. The third-order valence-corrected chi connectivity index (χ3v) is 7.97. The quantitative estimate of drug-likeness (QED) is 0.282. The molecule has 184 valence electrons. The van der Waals surface area contributed by atoms with E-state index in [0.717, 1.165) is 37.3 Å². The third-order valence-electron chi connectivity index (χ3n) is 7.97. The Morgan fingerprint density at radius 3 is 2.09 bits per heavy atom. The van der Waals surface area contributed by atoms with Crippen LogP contribution in [0.1, 0.15) is 55.2 Å². The van der Waals surface area contributed by atoms with E-state index in [1.165, 1.54) is 0 Å². The van der Waals surface area contributed by atoms with Crippen molar-refractivity contribution >= 4 is 17.3 Å². The zero-order chi connectivity index (χ0) is 25.1. The lowest BCUT2D eigenvalue weighted by atomic mass is 9.59. The van der Waals surface area contributed by atoms with Gasteiger partial charge in [0.1, 0.15) is 11.7 Å². The van der Waals surface area contributed by atoms with Gasteiger partial charge in [-0.25, -0.2) is 0 Å². The van der Waals surface area contributed by atoms with Crippen LogP contribution in [0.5, 0.6) is 11.5 Å². The number of hydrogen-bond donors (Lipinski definition) is 0. The summed E-state index contributed by atoms with van der Waals surface area (Å²) >= 11 is 0. The molecule has 2 unspecified atom stereocenters. The van der Waals surface area contributed by atoms with Crippen LogP contribution >= 0.6 is 0 Å². The molecule has 0 aliphatic heterocycles. The molecular weight excluding hydrogens is 463 g/mol. The Hall–Kier alpha value is -3.23. The van der Waals surface area contributed by atoms with Crippen molar-refractivity contribution < 1.29 is 32.4 Å². The van der Waals surface area contributed by atoms with Gasteiger partial charge >= 0.3 is 11.9 Å². The van der Waals surface area contributed by atoms with Gasteiger partial charge in [0.15, 0.2) is 11.6 Å². The normalized spacial score (nSPS) is 27.7. The number of fused-ring (bicyclic) bond motifs is 2. The number of Topliss-reactive ketones (excluding diaryl/α,β-unsaturated/α-hetero) is 2. The molecule has 2 aromatic rings. The number of carbonyl (C=O) groups is 2. The number of alkyl halides is 3. The Kier molecular flexibility index (Phi) is 5.68. The second kappa shape index (κ2) is 8.46. The number of nitrogens with zero attached hydrogens (tertiary/aromatic N) is 1. The van der Waals surface area contributed by atoms with E-state index < -0.39 is 28.3 Å². The van der Waals surface area contributed by atoms with Crippen molar-refractivity contribution in [3.8, 4) is 11.5 Å². The van der Waals surface area contributed by atoms with Crippen molar-refractivity contribution in [3.63, 3.8) is 0 Å². The predicted octanol–water partition coefficient (Wildman–Crippen LogP) is 6.26. The first kappa shape index (κ1) is 23.5. The van der Waals surface area contributed by atoms with E-state index in [1.807, 2.05) is 6.92 Å². The fraction of sp³-hybridized carbons (Fsp3) is 0.462. The van der Waals surface area contributed by atoms with E-state index in [1.54, 1.807) is 18.2 Å². The summed E-state index contributed by atoms with van der Waals surface area (Å²) in [6.45, 7) is 1.90. The van der Waals surface area contributed by atoms with E-state index in [9.17, 15) is 32.9 Å². The molecule has 0 aromatic heterocycles. The topological polar surface area (TPSA) is 86.5 Å². The molecular formula is C26H24F3NO5. The molecule has 0 amide bonds. The number of halogens is 3. The molecule has 2 aromatic carbocycles. The number of nitro groups is 1. The summed E-state index contributed by atoms with van der Waals surface area (Å²) in [5.41, 5.74) is -0.644. The highest BCUT2D eigenvalue weighted by Crippen LogP contribution is 2.56. The molecule has 6 rings (SSSR count). The van der Waals surface area contributed by atoms with Crippen LogP contribution in [0.25, 0.3) is 0 Å². The van der Waals surface area contributed by atoms with Crippen LogP contribution in [0.4, 0.5) is 18.9 Å². The van der Waals surface area contributed by atoms with Crippen molar-refractivity contribution in [1.82, 2.24) is 0 Å². The van der Waals surface area contributed by atoms with Crippen LogP contribution in [0.15, 0.2) is 36.4 Å². The van der Waals surface area contributed by atoms with Crippen LogP contribution in [-0.4, -0.2) is 16.5 Å². The maximum absolute atomic E-state index is 13.5. The molecule has 4 aliphatic rings. The number of carbonyl (C=O) groups excluding carboxylic acids is 2. The number of rotatable bonds is 5. The zero-order valence-electron chi connectivity index (χ0n) is 19.0. The lowest BCUT2D eigenvalue weighted by molar-refractivity contribution is -0.385. The van der Waals surface area contributed by atoms with Crippen molar-refractivity contribution in [3.05, 3.63) is 63.2 Å². The third kappa shape index (κ3) is 3.90. The van der Waals surface area contributed by atoms with Gasteiger partial charge in [-0.2, -0.15) is 13.2 Å². The van der Waals surface area contributed by atoms with Gasteiger partial charge in [0.2, 0.25) is 5.75 Å². The van der Waals surface area contributed by atoms with Gasteiger partial charge < -0.3 is 4.74 Å². The minimum Gasteiger partial charge on any atom is -0.450 e. The Morgan fingerprint density at radius 2 is 1.57 bits per heavy atom. The molecule has 2 atom stereocenters. The molecule has 0 radical (unpaired) electrons. The highest BCUT2D eigenvalue weighted by Gasteiger charge is 2.59. The molecule has 35 heavy (non-hydrogen) atoms. The first-order valence-corrected chi connectivity index (χ1v) is 11.8. The Bertz CT molecular complexity index is 1190. The van der Waals surface area contributed by atoms with Crippen LogP contribution in [0.3, 0.4) is 0 Å². The summed E-state index contributed by atoms with van der Waals surface area (Å²) in [5.74, 6) is -1.24. The van der Waals surface area contributed by atoms with Crippen LogP contribution in [-0.2, 0) is 22.2 Å². The minimum absolute atomic E-state index is 0.0539. The fourth-order valence-corrected chi connectivity index (χ4v) is 6.38. The minimum atomic E-state index is -4.74. The number of ether oxygens (including phenoxy) is 1. The molecule has 4 aliphatic carbocycles. The molecule has 4 saturated carbocycles. The van der Waals surface area contributed by atoms with Gasteiger partial charge in [-0.3, -0.25) is 19.7 Å². The monoisotopic (exact) mass is 487 g/mol. The molecule has 4 fully saturated rings. The second-order valence-electron chi connectivity index (χ2n) is 9.72. The summed E-state index contributed by atoms with van der Waals surface area (Å²) in [7, 11) is 0. The van der Waals surface area contributed by atoms with E-state index in [-0.39, 0.29) is 46.7 Å². The van der Waals surface area contributed by atoms with E-state index >= 15 is 0 Å². The Morgan fingerprint density at radius 1 is 0.971 bits per heavy atom. The first-order valence-electron chi connectivity index (χ1n) is 11.8. The van der Waals surface area contributed by atoms with Gasteiger partial charge in [-0.1, -0.05) is 13.0 Å². The largest absolute Gasteiger partial charge is 0.450 e. The molecule has 0 saturated heterocycles. The number of benzene rings is 2. The van der Waals surface area contributed by atoms with Gasteiger partial charge in [0, 0.05) is 17.9 Å². The maximum Gasteiger partial charge on any atom is 0.416 e. The summed E-state index contributed by atoms with van der Waals surface area (Å²) in [6, 6.07) is 6.85. The summed E-state index contributed by atoms with van der Waals surface area (Å²) in [5, 5.41) is 11.4. The van der Waals surface area contributed by atoms with Crippen molar-refractivity contribution in [1.29, 1.82) is 0 Å². The van der Waals surface area contributed by atoms with Gasteiger partial charge in [-0.15, -0.1) is 0 Å². The highest BCUT2D eigenvalue weighted by molar-refractivity contribution is 6.16. The first-order chi connectivity index (χ1) is 16.6. The molecule has 9 heteroatoms. The van der Waals surface area contributed by atoms with E-state index in [2.05, 4.69) is 0 Å². The number of nitro benzene ring substituents is 1. The summed E-state index contributed by atoms with van der Waals surface area (Å²) in [6.07, 6.45) is -0.288. The van der Waals surface area contributed by atoms with Crippen LogP contribution in [0.2, 0.25) is 0 Å². The highest BCUT2D eigenvalue weighted by atomic mass is 19.4. The van der Waals surface area contributed by atoms with E-state index in [0.29, 0.717) is 24.1 Å². The predicted molar refractivity (Wildman–Crippen MR) is 119 cm³/mol. The molecule has 2 bridgehead atoms. The fourth-order valence-electron chi connectivity index (χ4n) is 6.38. The van der Waals surface area contributed by atoms with Gasteiger partial charge in [0.25, 0.3) is 0 Å². The Labute approximate surface area is 199 Å². The van der Waals surface area contributed by atoms with Gasteiger partial charge in [-0.05, 0) is 79.3 Å². The molecule has 0 spiro atoms. The number of ketones is 2. The number of hydrogen-bond acceptors (Lipinski definition) is 5. The molecule has 0 heterocycles. The molecule has 0 N–H and O–H groups in total. The average Bonchev–Trinajstić information content (AvgIpc) is 3.11. The zero-order valence-corrected chi connectivity index (χ0v) is 19.0. The standard InChI is InChI=1S/C26H24F3NO5/c1-2-13-7-9-17(35-20-10-8-16(26(27,28)29)11-19(20)30(33)34)12-18(13)23-24(31)21-14-3-4-15(6-5-14)22(21)25(23)32/h7-12,14-15,21-23H,2-6H2,1H3. The van der Waals surface area contributed by atoms with E-state index in [4.69, 9.17) is 4.74 Å². The second-order valence-corrected chi connectivity index (χ2v) is 9.72. The van der Waals surface area contributed by atoms with Crippen LogP contribution < -0.4 is 4.74 Å². The smallest absolute Gasteiger partial charge is 0.416 e. The van der Waals surface area contributed by atoms with Crippen molar-refractivity contribution in [2.24, 2.45) is 23.7 Å². The van der Waals surface area contributed by atoms with Crippen molar-refractivity contribution in [2.45, 2.75) is 51.1 Å². The maximum atomic E-state index is 13.5. The summed E-state index contributed by atoms with van der Waals surface area (Å²) < 4.78 is 44.7. The van der Waals surface area contributed by atoms with Gasteiger partial charge in [0.05, 0.1) is 10.5 Å². The summed E-state index contributed by atoms with van der Waals surface area (Å²) in [4.78, 5) is 37.5. The number of aryl methyl sites for hydroxylation is 1. The SMILES string of the molecule is CCc1ccc(Oc2ccc(C(F)(F)F)cc2[N+](=O)[O-])cc1C1C(=O)C2C3CCC(CC3)C2C1=O. The Balaban J connectivity index is 1.51.